The van der Waals surface area contributed by atoms with Gasteiger partial charge >= 0.3 is 0 Å². The van der Waals surface area contributed by atoms with Crippen LogP contribution in [0.25, 0.3) is 0 Å². The van der Waals surface area contributed by atoms with Crippen LogP contribution in [0.5, 0.6) is 0 Å². The van der Waals surface area contributed by atoms with Gasteiger partial charge in [-0.3, -0.25) is 0 Å². The minimum Gasteiger partial charge on any atom is -0.399 e. The highest BCUT2D eigenvalue weighted by molar-refractivity contribution is 5.36. The van der Waals surface area contributed by atoms with Crippen LogP contribution in [0.2, 0.25) is 0 Å². The quantitative estimate of drug-likeness (QED) is 0.592. The van der Waals surface area contributed by atoms with Gasteiger partial charge in [0, 0.05) is 17.8 Å². The summed E-state index contributed by atoms with van der Waals surface area (Å²) in [6.45, 7) is 4.34. The van der Waals surface area contributed by atoms with Gasteiger partial charge in [-0.2, -0.15) is 0 Å². The van der Waals surface area contributed by atoms with Crippen molar-refractivity contribution >= 4 is 5.69 Å². The molecule has 0 heterocycles. The third kappa shape index (κ3) is 7.52. The summed E-state index contributed by atoms with van der Waals surface area (Å²) >= 11 is 0. The Kier molecular flexibility index (Phi) is 5.12. The molecule has 0 saturated heterocycles. The predicted molar refractivity (Wildman–Crippen MR) is 58.1 cm³/mol. The number of hydrogen-bond donors (Lipinski definition) is 3. The Morgan fingerprint density at radius 1 is 1.36 bits per heavy atom. The van der Waals surface area contributed by atoms with Gasteiger partial charge in [0.25, 0.3) is 0 Å². The fraction of sp³-hybridized carbons (Fsp3) is 0.400. The maximum atomic E-state index is 12.1. The zero-order valence-corrected chi connectivity index (χ0v) is 8.63. The first-order valence-electron chi connectivity index (χ1n) is 4.35. The van der Waals surface area contributed by atoms with Crippen LogP contribution in [0, 0.1) is 5.82 Å². The topological polar surface area (TPSA) is 78.1 Å². The monoisotopic (exact) mass is 199 g/mol. The second-order valence-corrected chi connectivity index (χ2v) is 3.75. The molecule has 1 aromatic rings. The summed E-state index contributed by atoms with van der Waals surface area (Å²) in [6, 6.07) is 5.85. The van der Waals surface area contributed by atoms with Gasteiger partial charge in [-0.1, -0.05) is 6.07 Å². The first kappa shape index (κ1) is 12.9. The highest BCUT2D eigenvalue weighted by atomic mass is 19.1. The van der Waals surface area contributed by atoms with Crippen molar-refractivity contribution in [2.45, 2.75) is 19.4 Å². The number of anilines is 1. The summed E-state index contributed by atoms with van der Waals surface area (Å²) in [6.07, 6.45) is 0. The average Bonchev–Trinajstić information content (AvgIpc) is 2.03. The number of halogens is 1. The van der Waals surface area contributed by atoms with Crippen LogP contribution in [0.4, 0.5) is 10.1 Å². The molecular formula is C10H18FN3. The number of benzene rings is 1. The smallest absolute Gasteiger partial charge is 0.125 e. The van der Waals surface area contributed by atoms with Gasteiger partial charge in [0.2, 0.25) is 0 Å². The van der Waals surface area contributed by atoms with Crippen molar-refractivity contribution in [2.75, 3.05) is 12.3 Å². The average molecular weight is 199 g/mol. The normalized spacial score (nSPS) is 10.4. The van der Waals surface area contributed by atoms with Gasteiger partial charge in [-0.15, -0.1) is 0 Å². The molecular weight excluding hydrogens is 181 g/mol. The summed E-state index contributed by atoms with van der Waals surface area (Å²) in [7, 11) is 0. The van der Waals surface area contributed by atoms with Gasteiger partial charge in [0.15, 0.2) is 0 Å². The van der Waals surface area contributed by atoms with Crippen molar-refractivity contribution in [1.29, 1.82) is 0 Å². The van der Waals surface area contributed by atoms with Gasteiger partial charge in [-0.25, -0.2) is 4.39 Å². The molecule has 0 fully saturated rings. The van der Waals surface area contributed by atoms with Crippen molar-refractivity contribution in [3.8, 4) is 0 Å². The van der Waals surface area contributed by atoms with Crippen molar-refractivity contribution in [1.82, 2.24) is 0 Å². The van der Waals surface area contributed by atoms with Gasteiger partial charge in [0.1, 0.15) is 5.82 Å². The molecule has 0 amide bonds. The molecule has 0 saturated carbocycles. The molecule has 0 bridgehead atoms. The lowest BCUT2D eigenvalue weighted by molar-refractivity contribution is 0.532. The molecule has 80 valence electrons. The van der Waals surface area contributed by atoms with Crippen LogP contribution in [0.15, 0.2) is 24.3 Å². The zero-order valence-electron chi connectivity index (χ0n) is 8.63. The number of nitrogen functional groups attached to an aromatic ring is 1. The largest absolute Gasteiger partial charge is 0.399 e. The molecule has 0 spiro atoms. The van der Waals surface area contributed by atoms with Crippen molar-refractivity contribution in [3.63, 3.8) is 0 Å². The minimum absolute atomic E-state index is 0.181. The van der Waals surface area contributed by atoms with Crippen molar-refractivity contribution < 1.29 is 4.39 Å². The van der Waals surface area contributed by atoms with Crippen LogP contribution < -0.4 is 17.2 Å². The number of nitrogens with two attached hydrogens (primary N) is 3. The van der Waals surface area contributed by atoms with E-state index < -0.39 is 0 Å². The highest BCUT2D eigenvalue weighted by Gasteiger charge is 2.04. The lowest BCUT2D eigenvalue weighted by atomic mass is 10.1. The van der Waals surface area contributed by atoms with Gasteiger partial charge in [0.05, 0.1) is 0 Å². The molecule has 6 N–H and O–H groups in total. The van der Waals surface area contributed by atoms with E-state index in [1.54, 1.807) is 12.1 Å². The molecule has 0 aliphatic carbocycles. The molecule has 0 atom stereocenters. The van der Waals surface area contributed by atoms with Crippen LogP contribution >= 0.6 is 0 Å². The third-order valence-electron chi connectivity index (χ3n) is 1.37. The van der Waals surface area contributed by atoms with Gasteiger partial charge < -0.3 is 17.2 Å². The fourth-order valence-corrected chi connectivity index (χ4v) is 0.507. The molecule has 4 heteroatoms. The number of rotatable bonds is 1. The Bertz CT molecular complexity index is 251. The second kappa shape index (κ2) is 5.57. The maximum absolute atomic E-state index is 12.1. The van der Waals surface area contributed by atoms with E-state index in [-0.39, 0.29) is 11.4 Å². The van der Waals surface area contributed by atoms with E-state index >= 15 is 0 Å². The fourth-order valence-electron chi connectivity index (χ4n) is 0.507. The van der Waals surface area contributed by atoms with E-state index in [9.17, 15) is 4.39 Å². The van der Waals surface area contributed by atoms with Crippen molar-refractivity contribution in [2.24, 2.45) is 11.5 Å². The van der Waals surface area contributed by atoms with Crippen LogP contribution in [0.3, 0.4) is 0 Å². The van der Waals surface area contributed by atoms with Gasteiger partial charge in [-0.05, 0) is 32.0 Å². The minimum atomic E-state index is -0.287. The van der Waals surface area contributed by atoms with E-state index in [1.165, 1.54) is 12.1 Å². The van der Waals surface area contributed by atoms with Crippen LogP contribution in [-0.2, 0) is 0 Å². The Morgan fingerprint density at radius 2 is 1.86 bits per heavy atom. The molecule has 0 aromatic heterocycles. The standard InChI is InChI=1S/C6H6FN.C4H12N2/c7-5-2-1-3-6(8)4-5;1-4(2,6)3-5/h1-4H,8H2;3,5-6H2,1-2H3. The van der Waals surface area contributed by atoms with E-state index in [4.69, 9.17) is 17.2 Å². The Labute approximate surface area is 84.1 Å². The first-order chi connectivity index (χ1) is 6.35. The molecule has 14 heavy (non-hydrogen) atoms. The molecule has 1 aromatic carbocycles. The third-order valence-corrected chi connectivity index (χ3v) is 1.37. The number of hydrogen-bond acceptors (Lipinski definition) is 3. The summed E-state index contributed by atoms with van der Waals surface area (Å²) in [5.74, 6) is -0.287. The molecule has 3 nitrogen and oxygen atoms in total. The van der Waals surface area contributed by atoms with E-state index in [2.05, 4.69) is 0 Å². The second-order valence-electron chi connectivity index (χ2n) is 3.75. The molecule has 0 unspecified atom stereocenters. The summed E-state index contributed by atoms with van der Waals surface area (Å²) < 4.78 is 12.1. The molecule has 0 radical (unpaired) electrons. The predicted octanol–water partition coefficient (Wildman–Crippen LogP) is 1.09. The molecule has 0 aliphatic heterocycles. The Balaban J connectivity index is 0.000000255. The Morgan fingerprint density at radius 3 is 2.07 bits per heavy atom. The zero-order chi connectivity index (χ0) is 11.2. The van der Waals surface area contributed by atoms with Crippen molar-refractivity contribution in [3.05, 3.63) is 30.1 Å². The molecule has 1 rings (SSSR count). The Hall–Kier alpha value is -1.13. The van der Waals surface area contributed by atoms with Crippen LogP contribution in [-0.4, -0.2) is 12.1 Å². The van der Waals surface area contributed by atoms with E-state index in [0.29, 0.717) is 12.2 Å². The summed E-state index contributed by atoms with van der Waals surface area (Å²) in [4.78, 5) is 0. The van der Waals surface area contributed by atoms with E-state index in [1.807, 2.05) is 13.8 Å². The van der Waals surface area contributed by atoms with Crippen LogP contribution in [0.1, 0.15) is 13.8 Å². The first-order valence-corrected chi connectivity index (χ1v) is 4.35. The maximum Gasteiger partial charge on any atom is 0.125 e. The molecule has 0 aliphatic rings. The SMILES string of the molecule is CC(C)(N)CN.Nc1cccc(F)c1. The lowest BCUT2D eigenvalue weighted by Crippen LogP contribution is -2.40. The lowest BCUT2D eigenvalue weighted by Gasteiger charge is -2.13. The highest BCUT2D eigenvalue weighted by Crippen LogP contribution is 2.02. The summed E-state index contributed by atoms with van der Waals surface area (Å²) in [5.41, 5.74) is 16.1. The van der Waals surface area contributed by atoms with E-state index in [0.717, 1.165) is 0 Å². The summed E-state index contributed by atoms with van der Waals surface area (Å²) in [5, 5.41) is 0.